The van der Waals surface area contributed by atoms with Crippen LogP contribution < -0.4 is 27.2 Å². The minimum Gasteiger partial charge on any atom is -0.383 e. The summed E-state index contributed by atoms with van der Waals surface area (Å²) in [7, 11) is 0. The van der Waals surface area contributed by atoms with E-state index in [-0.39, 0.29) is 30.5 Å². The Morgan fingerprint density at radius 3 is 2.41 bits per heavy atom. The van der Waals surface area contributed by atoms with Gasteiger partial charge in [0.2, 0.25) is 5.91 Å². The summed E-state index contributed by atoms with van der Waals surface area (Å²) in [6.45, 7) is 2.88. The average molecular weight is 454 g/mol. The SMILES string of the molecule is CCN(CC(=O)NCCSc1ccccc1)c1c(N)n(Cc2ccccc2)c(=O)[nH]c1=O. The van der Waals surface area contributed by atoms with Crippen LogP contribution in [0.25, 0.3) is 0 Å². The molecule has 1 heterocycles. The molecule has 2 aromatic carbocycles. The topological polar surface area (TPSA) is 113 Å². The molecule has 0 bridgehead atoms. The van der Waals surface area contributed by atoms with Gasteiger partial charge in [0.15, 0.2) is 0 Å². The quantitative estimate of drug-likeness (QED) is 0.319. The van der Waals surface area contributed by atoms with Crippen molar-refractivity contribution in [1.29, 1.82) is 0 Å². The molecule has 1 amide bonds. The predicted octanol–water partition coefficient (Wildman–Crippen LogP) is 1.90. The van der Waals surface area contributed by atoms with Crippen molar-refractivity contribution < 1.29 is 4.79 Å². The maximum Gasteiger partial charge on any atom is 0.330 e. The Labute approximate surface area is 190 Å². The van der Waals surface area contributed by atoms with Gasteiger partial charge in [0, 0.05) is 23.7 Å². The van der Waals surface area contributed by atoms with Gasteiger partial charge in [-0.3, -0.25) is 19.1 Å². The number of H-pyrrole nitrogens is 1. The highest BCUT2D eigenvalue weighted by Gasteiger charge is 2.20. The summed E-state index contributed by atoms with van der Waals surface area (Å²) in [4.78, 5) is 42.4. The first-order chi connectivity index (χ1) is 15.5. The number of benzene rings is 2. The molecule has 0 fully saturated rings. The summed E-state index contributed by atoms with van der Waals surface area (Å²) in [5.74, 6) is 0.545. The van der Waals surface area contributed by atoms with E-state index in [1.165, 1.54) is 4.57 Å². The Morgan fingerprint density at radius 2 is 1.75 bits per heavy atom. The fourth-order valence-corrected chi connectivity index (χ4v) is 4.05. The summed E-state index contributed by atoms with van der Waals surface area (Å²) in [6, 6.07) is 19.3. The first-order valence-corrected chi connectivity index (χ1v) is 11.3. The third kappa shape index (κ3) is 6.04. The lowest BCUT2D eigenvalue weighted by Crippen LogP contribution is -2.43. The van der Waals surface area contributed by atoms with Crippen LogP contribution in [0.3, 0.4) is 0 Å². The number of nitrogens with one attached hydrogen (secondary N) is 2. The highest BCUT2D eigenvalue weighted by Crippen LogP contribution is 2.18. The number of likely N-dealkylation sites (N-methyl/N-ethyl adjacent to an activating group) is 1. The van der Waals surface area contributed by atoms with Gasteiger partial charge in [-0.15, -0.1) is 11.8 Å². The van der Waals surface area contributed by atoms with Gasteiger partial charge in [-0.05, 0) is 24.6 Å². The molecule has 0 saturated carbocycles. The van der Waals surface area contributed by atoms with Gasteiger partial charge in [-0.1, -0.05) is 48.5 Å². The molecule has 0 atom stereocenters. The van der Waals surface area contributed by atoms with Crippen molar-refractivity contribution >= 4 is 29.2 Å². The zero-order valence-electron chi connectivity index (χ0n) is 17.9. The normalized spacial score (nSPS) is 10.7. The molecule has 0 aliphatic rings. The molecule has 168 valence electrons. The molecule has 0 aliphatic heterocycles. The van der Waals surface area contributed by atoms with E-state index in [0.29, 0.717) is 13.1 Å². The number of hydrogen-bond acceptors (Lipinski definition) is 6. The number of nitrogens with zero attached hydrogens (tertiary/aromatic N) is 2. The fraction of sp³-hybridized carbons (Fsp3) is 0.261. The number of nitrogens with two attached hydrogens (primary N) is 1. The molecule has 9 heteroatoms. The van der Waals surface area contributed by atoms with Crippen LogP contribution in [0.4, 0.5) is 11.5 Å². The number of rotatable bonds is 10. The van der Waals surface area contributed by atoms with Gasteiger partial charge in [0.1, 0.15) is 11.5 Å². The highest BCUT2D eigenvalue weighted by atomic mass is 32.2. The van der Waals surface area contributed by atoms with Crippen molar-refractivity contribution in [2.24, 2.45) is 0 Å². The van der Waals surface area contributed by atoms with Gasteiger partial charge in [0.25, 0.3) is 5.56 Å². The number of aromatic amines is 1. The number of thioether (sulfide) groups is 1. The summed E-state index contributed by atoms with van der Waals surface area (Å²) in [6.07, 6.45) is 0. The summed E-state index contributed by atoms with van der Waals surface area (Å²) in [5.41, 5.74) is 6.04. The summed E-state index contributed by atoms with van der Waals surface area (Å²) < 4.78 is 1.31. The van der Waals surface area contributed by atoms with Crippen LogP contribution in [0.5, 0.6) is 0 Å². The molecule has 4 N–H and O–H groups in total. The molecule has 32 heavy (non-hydrogen) atoms. The van der Waals surface area contributed by atoms with Crippen LogP contribution in [0.1, 0.15) is 12.5 Å². The number of hydrogen-bond donors (Lipinski definition) is 3. The molecule has 0 aliphatic carbocycles. The van der Waals surface area contributed by atoms with Crippen molar-refractivity contribution in [3.8, 4) is 0 Å². The van der Waals surface area contributed by atoms with E-state index in [1.807, 2.05) is 67.6 Å². The Morgan fingerprint density at radius 1 is 1.09 bits per heavy atom. The Kier molecular flexibility index (Phi) is 8.15. The van der Waals surface area contributed by atoms with Crippen LogP contribution in [-0.4, -0.2) is 40.8 Å². The Bertz CT molecular complexity index is 1150. The zero-order chi connectivity index (χ0) is 22.9. The smallest absolute Gasteiger partial charge is 0.330 e. The largest absolute Gasteiger partial charge is 0.383 e. The first-order valence-electron chi connectivity index (χ1n) is 10.4. The van der Waals surface area contributed by atoms with E-state index < -0.39 is 11.2 Å². The molecule has 0 saturated heterocycles. The van der Waals surface area contributed by atoms with Crippen LogP contribution in [0, 0.1) is 0 Å². The van der Waals surface area contributed by atoms with E-state index in [1.54, 1.807) is 16.7 Å². The van der Waals surface area contributed by atoms with E-state index in [9.17, 15) is 14.4 Å². The maximum absolute atomic E-state index is 12.5. The standard InChI is InChI=1S/C23H27N5O3S/c1-2-27(16-19(29)25-13-14-32-18-11-7-4-8-12-18)20-21(24)28(23(31)26-22(20)30)15-17-9-5-3-6-10-17/h3-12H,2,13-16,24H2,1H3,(H,25,29)(H,26,30,31). The monoisotopic (exact) mass is 453 g/mol. The van der Waals surface area contributed by atoms with E-state index in [2.05, 4.69) is 10.3 Å². The number of amides is 1. The van der Waals surface area contributed by atoms with Gasteiger partial charge in [-0.2, -0.15) is 0 Å². The lowest BCUT2D eigenvalue weighted by molar-refractivity contribution is -0.119. The average Bonchev–Trinajstić information content (AvgIpc) is 2.80. The third-order valence-corrected chi connectivity index (χ3v) is 5.88. The van der Waals surface area contributed by atoms with Crippen molar-refractivity contribution in [2.45, 2.75) is 18.4 Å². The number of nitrogen functional groups attached to an aromatic ring is 1. The number of aromatic nitrogens is 2. The fourth-order valence-electron chi connectivity index (χ4n) is 3.26. The minimum absolute atomic E-state index is 0.0384. The number of carbonyl (C=O) groups is 1. The van der Waals surface area contributed by atoms with Crippen LogP contribution in [-0.2, 0) is 11.3 Å². The molecule has 8 nitrogen and oxygen atoms in total. The molecule has 0 radical (unpaired) electrons. The van der Waals surface area contributed by atoms with E-state index >= 15 is 0 Å². The molecule has 3 rings (SSSR count). The summed E-state index contributed by atoms with van der Waals surface area (Å²) >= 11 is 1.65. The molecular weight excluding hydrogens is 426 g/mol. The van der Waals surface area contributed by atoms with Crippen molar-refractivity contribution in [3.05, 3.63) is 87.1 Å². The second-order valence-corrected chi connectivity index (χ2v) is 8.26. The minimum atomic E-state index is -0.605. The number of carbonyl (C=O) groups excluding carboxylic acids is 1. The molecule has 1 aromatic heterocycles. The van der Waals surface area contributed by atoms with Gasteiger partial charge in [0.05, 0.1) is 13.1 Å². The maximum atomic E-state index is 12.5. The first kappa shape index (κ1) is 23.2. The van der Waals surface area contributed by atoms with Crippen molar-refractivity contribution in [3.63, 3.8) is 0 Å². The van der Waals surface area contributed by atoms with Gasteiger partial charge in [-0.25, -0.2) is 4.79 Å². The van der Waals surface area contributed by atoms with Crippen LogP contribution >= 0.6 is 11.8 Å². The van der Waals surface area contributed by atoms with Gasteiger partial charge < -0.3 is 16.0 Å². The Balaban J connectivity index is 1.68. The van der Waals surface area contributed by atoms with E-state index in [4.69, 9.17) is 5.73 Å². The zero-order valence-corrected chi connectivity index (χ0v) is 18.7. The lowest BCUT2D eigenvalue weighted by Gasteiger charge is -2.24. The molecular formula is C23H27N5O3S. The highest BCUT2D eigenvalue weighted by molar-refractivity contribution is 7.99. The molecule has 0 unspecified atom stereocenters. The third-order valence-electron chi connectivity index (χ3n) is 4.87. The second kappa shape index (κ2) is 11.2. The molecule has 0 spiro atoms. The van der Waals surface area contributed by atoms with E-state index in [0.717, 1.165) is 16.2 Å². The van der Waals surface area contributed by atoms with Gasteiger partial charge >= 0.3 is 5.69 Å². The predicted molar refractivity (Wildman–Crippen MR) is 129 cm³/mol. The number of anilines is 2. The second-order valence-electron chi connectivity index (χ2n) is 7.09. The summed E-state index contributed by atoms with van der Waals surface area (Å²) in [5, 5.41) is 2.87. The van der Waals surface area contributed by atoms with Crippen LogP contribution in [0.2, 0.25) is 0 Å². The lowest BCUT2D eigenvalue weighted by atomic mass is 10.2. The van der Waals surface area contributed by atoms with Crippen molar-refractivity contribution in [2.75, 3.05) is 36.0 Å². The Hall–Kier alpha value is -3.46. The molecule has 3 aromatic rings. The van der Waals surface area contributed by atoms with Crippen LogP contribution in [0.15, 0.2) is 75.1 Å². The van der Waals surface area contributed by atoms with Crippen molar-refractivity contribution in [1.82, 2.24) is 14.9 Å².